The van der Waals surface area contributed by atoms with Gasteiger partial charge in [0.25, 0.3) is 0 Å². The number of aromatic hydroxyl groups is 1. The molecule has 9 heteroatoms. The average Bonchev–Trinajstić information content (AvgIpc) is 2.19. The quantitative estimate of drug-likeness (QED) is 0.450. The highest BCUT2D eigenvalue weighted by Crippen LogP contribution is 2.47. The number of hydrogen-bond acceptors (Lipinski definition) is 6. The fraction of sp³-hybridized carbons (Fsp3) is 0.333. The number of aryl methyl sites for hydroxylation is 1. The molecule has 1 aromatic carbocycles. The Bertz CT molecular complexity index is 549. The van der Waals surface area contributed by atoms with Gasteiger partial charge in [0.05, 0.1) is 10.6 Å². The number of sulfone groups is 1. The van der Waals surface area contributed by atoms with Gasteiger partial charge in [-0.25, -0.2) is 8.42 Å². The first-order valence-corrected chi connectivity index (χ1v) is 9.41. The fourth-order valence-corrected chi connectivity index (χ4v) is 5.06. The van der Waals surface area contributed by atoms with Crippen LogP contribution in [-0.2, 0) is 9.84 Å². The maximum absolute atomic E-state index is 11.8. The van der Waals surface area contributed by atoms with Crippen LogP contribution in [0.5, 0.6) is 5.75 Å². The lowest BCUT2D eigenvalue weighted by Gasteiger charge is -2.22. The summed E-state index contributed by atoms with van der Waals surface area (Å²) < 4.78 is 51.4. The van der Waals surface area contributed by atoms with Gasteiger partial charge in [-0.1, -0.05) is 22.6 Å². The Labute approximate surface area is 120 Å². The van der Waals surface area contributed by atoms with Gasteiger partial charge >= 0.3 is 0 Å². The summed E-state index contributed by atoms with van der Waals surface area (Å²) in [6.45, 7) is 1.42. The molecule has 1 rings (SSSR count). The van der Waals surface area contributed by atoms with Gasteiger partial charge in [-0.05, 0) is 18.6 Å². The zero-order chi connectivity index (χ0) is 14.1. The lowest BCUT2D eigenvalue weighted by Crippen LogP contribution is -2.09. The topological polar surface area (TPSA) is 115 Å². The molecule has 0 bridgehead atoms. The molecule has 0 saturated heterocycles. The summed E-state index contributed by atoms with van der Waals surface area (Å²) in [4.78, 5) is -0.558. The number of phenolic OH excluding ortho intramolecular Hbond substituents is 1. The Kier molecular flexibility index (Phi) is 4.89. The van der Waals surface area contributed by atoms with Crippen LogP contribution in [0.2, 0.25) is 0 Å². The zero-order valence-corrected chi connectivity index (χ0v) is 13.2. The highest BCUT2D eigenvalue weighted by atomic mass is 127. The van der Waals surface area contributed by atoms with E-state index in [4.69, 9.17) is 13.7 Å². The van der Waals surface area contributed by atoms with Gasteiger partial charge in [0.1, 0.15) is 21.5 Å². The minimum atomic E-state index is -3.99. The minimum absolute atomic E-state index is 0.130. The summed E-state index contributed by atoms with van der Waals surface area (Å²) in [5, 5.41) is 9.64. The minimum Gasteiger partial charge on any atom is -0.507 e. The summed E-state index contributed by atoms with van der Waals surface area (Å²) in [6.07, 6.45) is 0. The number of phenols is 1. The van der Waals surface area contributed by atoms with Gasteiger partial charge in [0.2, 0.25) is 0 Å². The van der Waals surface area contributed by atoms with Crippen LogP contribution in [0.25, 0.3) is 0 Å². The third kappa shape index (κ3) is 3.48. The van der Waals surface area contributed by atoms with Gasteiger partial charge in [-0.15, -0.1) is 0 Å². The molecule has 104 valence electrons. The van der Waals surface area contributed by atoms with E-state index in [1.807, 2.05) is 22.6 Å². The number of benzene rings is 1. The van der Waals surface area contributed by atoms with Crippen molar-refractivity contribution >= 4 is 43.3 Å². The molecule has 18 heavy (non-hydrogen) atoms. The lowest BCUT2D eigenvalue weighted by molar-refractivity contribution is 0.373. The molecule has 0 radical (unpaired) electrons. The Morgan fingerprint density at radius 3 is 2.17 bits per heavy atom. The number of halogens is 1. The maximum atomic E-state index is 11.8. The molecule has 0 fully saturated rings. The molecule has 0 aliphatic heterocycles. The molecule has 0 saturated carbocycles. The molecule has 0 aliphatic carbocycles. The van der Waals surface area contributed by atoms with Crippen molar-refractivity contribution in [2.75, 3.05) is 10.2 Å². The lowest BCUT2D eigenvalue weighted by atomic mass is 10.2. The third-order valence-electron chi connectivity index (χ3n) is 2.23. The van der Waals surface area contributed by atoms with Gasteiger partial charge in [-0.3, -0.25) is 0 Å². The van der Waals surface area contributed by atoms with Crippen molar-refractivity contribution in [3.8, 4) is 5.75 Å². The highest BCUT2D eigenvalue weighted by Gasteiger charge is 2.25. The van der Waals surface area contributed by atoms with Crippen LogP contribution in [-0.4, -0.2) is 37.4 Å². The van der Waals surface area contributed by atoms with E-state index in [1.165, 1.54) is 6.92 Å². The summed E-state index contributed by atoms with van der Waals surface area (Å²) in [7, 11) is -7.61. The molecular formula is C9H13IO6S2. The second kappa shape index (κ2) is 5.51. The molecule has 4 N–H and O–H groups in total. The van der Waals surface area contributed by atoms with Crippen molar-refractivity contribution in [3.05, 3.63) is 17.7 Å². The van der Waals surface area contributed by atoms with Crippen molar-refractivity contribution in [1.29, 1.82) is 0 Å². The molecule has 0 atom stereocenters. The Hall–Kier alpha value is -0.0700. The molecule has 0 unspecified atom stereocenters. The van der Waals surface area contributed by atoms with Crippen LogP contribution >= 0.6 is 33.5 Å². The van der Waals surface area contributed by atoms with Crippen LogP contribution in [0.15, 0.2) is 21.9 Å². The predicted octanol–water partition coefficient (Wildman–Crippen LogP) is 2.49. The van der Waals surface area contributed by atoms with E-state index >= 15 is 0 Å². The number of hydrogen-bond donors (Lipinski definition) is 4. The molecule has 6 nitrogen and oxygen atoms in total. The van der Waals surface area contributed by atoms with Gasteiger partial charge in [-0.2, -0.15) is 0 Å². The molecule has 0 amide bonds. The van der Waals surface area contributed by atoms with E-state index in [1.54, 1.807) is 0 Å². The Morgan fingerprint density at radius 1 is 1.17 bits per heavy atom. The normalized spacial score (nSPS) is 13.6. The largest absolute Gasteiger partial charge is 0.507 e. The summed E-state index contributed by atoms with van der Waals surface area (Å²) in [5.41, 5.74) is 0.183. The molecule has 0 heterocycles. The first-order chi connectivity index (χ1) is 8.09. The maximum Gasteiger partial charge on any atom is 0.182 e. The van der Waals surface area contributed by atoms with Crippen molar-refractivity contribution in [2.45, 2.75) is 16.7 Å². The second-order valence-electron chi connectivity index (χ2n) is 3.61. The van der Waals surface area contributed by atoms with Crippen LogP contribution in [0.1, 0.15) is 5.56 Å². The smallest absolute Gasteiger partial charge is 0.182 e. The van der Waals surface area contributed by atoms with E-state index in [0.717, 1.165) is 12.1 Å². The van der Waals surface area contributed by atoms with E-state index < -0.39 is 26.5 Å². The first kappa shape index (κ1) is 16.0. The van der Waals surface area contributed by atoms with Crippen molar-refractivity contribution in [3.63, 3.8) is 0 Å². The molecule has 0 aliphatic rings. The van der Waals surface area contributed by atoms with Gasteiger partial charge in [0.15, 0.2) is 9.84 Å². The van der Waals surface area contributed by atoms with Crippen LogP contribution in [0.4, 0.5) is 0 Å². The van der Waals surface area contributed by atoms with E-state index in [-0.39, 0.29) is 21.1 Å². The van der Waals surface area contributed by atoms with Crippen molar-refractivity contribution in [1.82, 2.24) is 0 Å². The van der Waals surface area contributed by atoms with Crippen LogP contribution < -0.4 is 0 Å². The summed E-state index contributed by atoms with van der Waals surface area (Å²) in [6, 6.07) is 1.99. The second-order valence-corrected chi connectivity index (χ2v) is 8.25. The van der Waals surface area contributed by atoms with E-state index in [9.17, 15) is 13.5 Å². The van der Waals surface area contributed by atoms with Crippen LogP contribution in [0, 0.1) is 6.92 Å². The average molecular weight is 408 g/mol. The first-order valence-electron chi connectivity index (χ1n) is 4.72. The zero-order valence-electron chi connectivity index (χ0n) is 9.37. The van der Waals surface area contributed by atoms with Crippen molar-refractivity contribution in [2.24, 2.45) is 0 Å². The fourth-order valence-electron chi connectivity index (χ4n) is 1.41. The summed E-state index contributed by atoms with van der Waals surface area (Å²) >= 11 is 1.90. The summed E-state index contributed by atoms with van der Waals surface area (Å²) in [5.74, 6) is -0.732. The molecule has 1 aromatic rings. The SMILES string of the molecule is Cc1cc(S(=O)(=O)CCI)c(O)cc1S(O)(O)O. The molecule has 0 aromatic heterocycles. The molecule has 0 spiro atoms. The van der Waals surface area contributed by atoms with Gasteiger partial charge < -0.3 is 18.8 Å². The van der Waals surface area contributed by atoms with Crippen molar-refractivity contribution < 1.29 is 27.2 Å². The van der Waals surface area contributed by atoms with E-state index in [0.29, 0.717) is 4.43 Å². The Morgan fingerprint density at radius 2 is 1.72 bits per heavy atom. The number of rotatable bonds is 4. The highest BCUT2D eigenvalue weighted by molar-refractivity contribution is 14.1. The van der Waals surface area contributed by atoms with Crippen LogP contribution in [0.3, 0.4) is 0 Å². The number of alkyl halides is 1. The standard InChI is InChI=1S/C9H13IO6S2/c1-6-4-9(17(12,13)3-2-10)7(11)5-8(6)18(14,15)16/h4-5,11,14-16H,2-3H2,1H3. The third-order valence-corrected chi connectivity index (χ3v) is 6.27. The monoisotopic (exact) mass is 408 g/mol. The molecular weight excluding hydrogens is 395 g/mol. The van der Waals surface area contributed by atoms with E-state index in [2.05, 4.69) is 0 Å². The Balaban J connectivity index is 3.42. The predicted molar refractivity (Wildman–Crippen MR) is 77.5 cm³/mol. The van der Waals surface area contributed by atoms with Gasteiger partial charge in [0, 0.05) is 10.5 Å².